The number of fused-ring (bicyclic) bond motifs is 1. The van der Waals surface area contributed by atoms with Crippen LogP contribution < -0.4 is 15.4 Å². The lowest BCUT2D eigenvalue weighted by Gasteiger charge is -2.29. The van der Waals surface area contributed by atoms with Crippen molar-refractivity contribution in [3.8, 4) is 5.75 Å². The van der Waals surface area contributed by atoms with E-state index in [-0.39, 0.29) is 5.91 Å². The molecule has 0 radical (unpaired) electrons. The predicted molar refractivity (Wildman–Crippen MR) is 177 cm³/mol. The number of amides is 1. The second kappa shape index (κ2) is 12.8. The summed E-state index contributed by atoms with van der Waals surface area (Å²) in [6.45, 7) is 8.51. The molecule has 1 unspecified atom stereocenters. The van der Waals surface area contributed by atoms with Crippen LogP contribution in [-0.2, 0) is 17.2 Å². The first kappa shape index (κ1) is 29.3. The van der Waals surface area contributed by atoms with E-state index in [1.807, 2.05) is 98.2 Å². The molecule has 7 nitrogen and oxygen atoms in total. The molecule has 44 heavy (non-hydrogen) atoms. The fourth-order valence-corrected chi connectivity index (χ4v) is 6.09. The number of aromatic nitrogens is 3. The summed E-state index contributed by atoms with van der Waals surface area (Å²) >= 11 is 1.56. The molecule has 222 valence electrons. The molecule has 6 rings (SSSR count). The minimum Gasteiger partial charge on any atom is -0.489 e. The third-order valence-electron chi connectivity index (χ3n) is 7.97. The van der Waals surface area contributed by atoms with Crippen molar-refractivity contribution in [2.24, 2.45) is 0 Å². The summed E-state index contributed by atoms with van der Waals surface area (Å²) in [6, 6.07) is 31.8. The minimum absolute atomic E-state index is 0.195. The van der Waals surface area contributed by atoms with Gasteiger partial charge in [-0.15, -0.1) is 5.10 Å². The van der Waals surface area contributed by atoms with Crippen molar-refractivity contribution in [1.29, 1.82) is 0 Å². The maximum atomic E-state index is 14.1. The normalized spacial score (nSPS) is 14.1. The van der Waals surface area contributed by atoms with Crippen molar-refractivity contribution in [1.82, 2.24) is 14.8 Å². The monoisotopic (exact) mass is 601 g/mol. The number of hydrogen-bond donors (Lipinski definition) is 2. The number of thioether (sulfide) groups is 1. The number of benzene rings is 4. The van der Waals surface area contributed by atoms with E-state index in [4.69, 9.17) is 14.8 Å². The molecular formula is C36H35N5O2S. The summed E-state index contributed by atoms with van der Waals surface area (Å²) in [7, 11) is 0. The van der Waals surface area contributed by atoms with E-state index >= 15 is 0 Å². The van der Waals surface area contributed by atoms with Gasteiger partial charge in [-0.05, 0) is 79.3 Å². The number of allylic oxidation sites excluding steroid dienone is 1. The SMILES string of the molecule is CC1=C(C(=O)Nc2cccc(C)c2C)C(c2cccc(OCc3ccccc3C)c2)n2nc(SCc3ccccc3)nc2N1. The van der Waals surface area contributed by atoms with E-state index in [1.165, 1.54) is 11.1 Å². The topological polar surface area (TPSA) is 81.1 Å². The zero-order valence-electron chi connectivity index (χ0n) is 25.3. The van der Waals surface area contributed by atoms with Gasteiger partial charge in [0.2, 0.25) is 11.1 Å². The van der Waals surface area contributed by atoms with Gasteiger partial charge in [-0.2, -0.15) is 4.98 Å². The zero-order valence-corrected chi connectivity index (χ0v) is 26.1. The number of carbonyl (C=O) groups is 1. The summed E-state index contributed by atoms with van der Waals surface area (Å²) in [6.07, 6.45) is 0. The molecule has 8 heteroatoms. The fourth-order valence-electron chi connectivity index (χ4n) is 5.30. The molecular weight excluding hydrogens is 566 g/mol. The third kappa shape index (κ3) is 6.26. The van der Waals surface area contributed by atoms with Crippen molar-refractivity contribution in [2.45, 2.75) is 51.3 Å². The van der Waals surface area contributed by atoms with E-state index in [0.29, 0.717) is 23.3 Å². The second-order valence-corrected chi connectivity index (χ2v) is 11.9. The molecule has 4 aromatic carbocycles. The maximum Gasteiger partial charge on any atom is 0.255 e. The molecule has 0 fully saturated rings. The molecule has 1 atom stereocenters. The lowest BCUT2D eigenvalue weighted by Crippen LogP contribution is -2.31. The summed E-state index contributed by atoms with van der Waals surface area (Å²) in [5.41, 5.74) is 8.61. The number of aryl methyl sites for hydroxylation is 2. The number of ether oxygens (including phenoxy) is 1. The van der Waals surface area contributed by atoms with Gasteiger partial charge in [-0.3, -0.25) is 4.79 Å². The molecule has 0 saturated heterocycles. The average Bonchev–Trinajstić information content (AvgIpc) is 3.44. The Hall–Kier alpha value is -4.82. The fraction of sp³-hybridized carbons (Fsp3) is 0.194. The predicted octanol–water partition coefficient (Wildman–Crippen LogP) is 8.00. The highest BCUT2D eigenvalue weighted by Gasteiger charge is 2.35. The molecule has 2 heterocycles. The molecule has 1 aliphatic heterocycles. The van der Waals surface area contributed by atoms with Crippen molar-refractivity contribution in [2.75, 3.05) is 10.6 Å². The molecule has 1 aromatic heterocycles. The van der Waals surface area contributed by atoms with Gasteiger partial charge < -0.3 is 15.4 Å². The Kier molecular flexibility index (Phi) is 8.52. The summed E-state index contributed by atoms with van der Waals surface area (Å²) in [5, 5.41) is 12.1. The number of nitrogens with one attached hydrogen (secondary N) is 2. The van der Waals surface area contributed by atoms with Crippen LogP contribution >= 0.6 is 11.8 Å². The van der Waals surface area contributed by atoms with E-state index in [9.17, 15) is 4.79 Å². The molecule has 0 saturated carbocycles. The Labute approximate surface area is 262 Å². The maximum absolute atomic E-state index is 14.1. The Morgan fingerprint density at radius 2 is 1.66 bits per heavy atom. The van der Waals surface area contributed by atoms with Crippen LogP contribution in [0.2, 0.25) is 0 Å². The standard InChI is InChI=1S/C36H35N5O2S/c1-23-13-10-19-31(25(23)3)38-34(42)32-26(4)37-35-39-36(44-22-27-14-6-5-7-15-27)40-41(35)33(32)28-17-11-18-30(20-28)43-21-29-16-9-8-12-24(29)2/h5-20,33H,21-22H2,1-4H3,(H,38,42)(H,37,39,40). The number of nitrogens with zero attached hydrogens (tertiary/aromatic N) is 3. The molecule has 0 aliphatic carbocycles. The Morgan fingerprint density at radius 1 is 0.909 bits per heavy atom. The van der Waals surface area contributed by atoms with Crippen molar-refractivity contribution >= 4 is 29.3 Å². The van der Waals surface area contributed by atoms with E-state index < -0.39 is 6.04 Å². The first-order valence-corrected chi connectivity index (χ1v) is 15.6. The average molecular weight is 602 g/mol. The van der Waals surface area contributed by atoms with Crippen LogP contribution in [0.15, 0.2) is 113 Å². The second-order valence-electron chi connectivity index (χ2n) is 11.0. The van der Waals surface area contributed by atoms with E-state index in [0.717, 1.165) is 45.1 Å². The highest BCUT2D eigenvalue weighted by atomic mass is 32.2. The highest BCUT2D eigenvalue weighted by Crippen LogP contribution is 2.38. The lowest BCUT2D eigenvalue weighted by atomic mass is 9.94. The summed E-state index contributed by atoms with van der Waals surface area (Å²) in [5.74, 6) is 1.86. The molecule has 2 N–H and O–H groups in total. The molecule has 1 amide bonds. The summed E-state index contributed by atoms with van der Waals surface area (Å²) in [4.78, 5) is 18.9. The lowest BCUT2D eigenvalue weighted by molar-refractivity contribution is -0.113. The first-order valence-electron chi connectivity index (χ1n) is 14.6. The van der Waals surface area contributed by atoms with Crippen molar-refractivity contribution in [3.63, 3.8) is 0 Å². The number of rotatable bonds is 9. The molecule has 1 aliphatic rings. The Morgan fingerprint density at radius 3 is 2.48 bits per heavy atom. The quantitative estimate of drug-likeness (QED) is 0.167. The largest absolute Gasteiger partial charge is 0.489 e. The smallest absolute Gasteiger partial charge is 0.255 e. The first-order chi connectivity index (χ1) is 21.4. The van der Waals surface area contributed by atoms with Gasteiger partial charge in [-0.25, -0.2) is 4.68 Å². The van der Waals surface area contributed by atoms with Crippen molar-refractivity contribution < 1.29 is 9.53 Å². The number of anilines is 2. The van der Waals surface area contributed by atoms with Crippen LogP contribution in [0.3, 0.4) is 0 Å². The van der Waals surface area contributed by atoms with Crippen LogP contribution in [0.1, 0.15) is 46.3 Å². The number of carbonyl (C=O) groups excluding carboxylic acids is 1. The van der Waals surface area contributed by atoms with Gasteiger partial charge in [0, 0.05) is 17.1 Å². The van der Waals surface area contributed by atoms with Gasteiger partial charge in [0.05, 0.1) is 5.57 Å². The third-order valence-corrected chi connectivity index (χ3v) is 8.88. The van der Waals surface area contributed by atoms with E-state index in [1.54, 1.807) is 11.8 Å². The molecule has 5 aromatic rings. The van der Waals surface area contributed by atoms with Crippen molar-refractivity contribution in [3.05, 3.63) is 142 Å². The number of hydrogen-bond acceptors (Lipinski definition) is 6. The van der Waals surface area contributed by atoms with Gasteiger partial charge >= 0.3 is 0 Å². The van der Waals surface area contributed by atoms with Gasteiger partial charge in [-0.1, -0.05) is 90.6 Å². The Bertz CT molecular complexity index is 1850. The minimum atomic E-state index is -0.517. The van der Waals surface area contributed by atoms with Crippen LogP contribution in [0, 0.1) is 20.8 Å². The zero-order chi connectivity index (χ0) is 30.6. The van der Waals surface area contributed by atoms with Gasteiger partial charge in [0.15, 0.2) is 0 Å². The van der Waals surface area contributed by atoms with Crippen LogP contribution in [-0.4, -0.2) is 20.7 Å². The van der Waals surface area contributed by atoms with Crippen LogP contribution in [0.5, 0.6) is 5.75 Å². The van der Waals surface area contributed by atoms with Gasteiger partial charge in [0.1, 0.15) is 18.4 Å². The molecule has 0 spiro atoms. The summed E-state index contributed by atoms with van der Waals surface area (Å²) < 4.78 is 8.07. The van der Waals surface area contributed by atoms with Gasteiger partial charge in [0.25, 0.3) is 5.91 Å². The van der Waals surface area contributed by atoms with Crippen LogP contribution in [0.25, 0.3) is 0 Å². The van der Waals surface area contributed by atoms with Crippen LogP contribution in [0.4, 0.5) is 11.6 Å². The Balaban J connectivity index is 1.35. The highest BCUT2D eigenvalue weighted by molar-refractivity contribution is 7.98. The molecule has 0 bridgehead atoms. The van der Waals surface area contributed by atoms with E-state index in [2.05, 4.69) is 41.8 Å².